The number of carbonyl (C=O) groups excluding carboxylic acids is 1. The summed E-state index contributed by atoms with van der Waals surface area (Å²) in [6.45, 7) is 6.25. The van der Waals surface area contributed by atoms with Crippen LogP contribution >= 0.6 is 0 Å². The zero-order valence-electron chi connectivity index (χ0n) is 15.1. The van der Waals surface area contributed by atoms with Crippen LogP contribution in [0.4, 0.5) is 5.69 Å². The first-order valence-electron chi connectivity index (χ1n) is 8.67. The van der Waals surface area contributed by atoms with Gasteiger partial charge in [-0.2, -0.15) is 0 Å². The monoisotopic (exact) mass is 353 g/mol. The van der Waals surface area contributed by atoms with E-state index in [0.29, 0.717) is 37.8 Å². The number of fused-ring (bicyclic) bond motifs is 1. The smallest absolute Gasteiger partial charge is 0.275 e. The van der Waals surface area contributed by atoms with Gasteiger partial charge in [0.15, 0.2) is 0 Å². The summed E-state index contributed by atoms with van der Waals surface area (Å²) in [6.07, 6.45) is 3.62. The van der Waals surface area contributed by atoms with Crippen LogP contribution in [0.3, 0.4) is 0 Å². The van der Waals surface area contributed by atoms with Crippen LogP contribution in [0.25, 0.3) is 5.65 Å². The Labute approximate surface area is 152 Å². The van der Waals surface area contributed by atoms with E-state index >= 15 is 0 Å². The minimum Gasteiger partial charge on any atom is -0.379 e. The van der Waals surface area contributed by atoms with Crippen molar-refractivity contribution >= 4 is 17.2 Å². The number of hydrogen-bond donors (Lipinski definition) is 1. The molecular weight excluding hydrogens is 330 g/mol. The largest absolute Gasteiger partial charge is 0.379 e. The topological polar surface area (TPSA) is 64.9 Å². The number of nitrogens with zero attached hydrogens (tertiary/aromatic N) is 2. The third-order valence-electron chi connectivity index (χ3n) is 3.88. The predicted octanol–water partition coefficient (Wildman–Crippen LogP) is 3.45. The SMILES string of the molecule is CCOCCOCc1cccc(NC(=O)c2cn3ccc(C)cc3n2)c1. The molecule has 136 valence electrons. The fourth-order valence-corrected chi connectivity index (χ4v) is 2.58. The molecule has 0 radical (unpaired) electrons. The average Bonchev–Trinajstić information content (AvgIpc) is 3.05. The number of ether oxygens (including phenoxy) is 2. The molecule has 2 aromatic heterocycles. The second-order valence-electron chi connectivity index (χ2n) is 6.00. The molecule has 0 fully saturated rings. The zero-order valence-corrected chi connectivity index (χ0v) is 15.1. The molecule has 0 aliphatic heterocycles. The van der Waals surface area contributed by atoms with Crippen molar-refractivity contribution < 1.29 is 14.3 Å². The molecule has 6 heteroatoms. The lowest BCUT2D eigenvalue weighted by Crippen LogP contribution is -2.12. The summed E-state index contributed by atoms with van der Waals surface area (Å²) in [5.41, 5.74) is 3.95. The van der Waals surface area contributed by atoms with Crippen LogP contribution in [0.5, 0.6) is 0 Å². The van der Waals surface area contributed by atoms with E-state index in [0.717, 1.165) is 16.8 Å². The van der Waals surface area contributed by atoms with Gasteiger partial charge in [0.05, 0.1) is 19.8 Å². The van der Waals surface area contributed by atoms with Crippen molar-refractivity contribution in [3.05, 3.63) is 65.6 Å². The van der Waals surface area contributed by atoms with Gasteiger partial charge < -0.3 is 19.2 Å². The van der Waals surface area contributed by atoms with Gasteiger partial charge in [0.25, 0.3) is 5.91 Å². The molecule has 0 aliphatic rings. The van der Waals surface area contributed by atoms with E-state index in [9.17, 15) is 4.79 Å². The number of hydrogen-bond acceptors (Lipinski definition) is 4. The van der Waals surface area contributed by atoms with Crippen LogP contribution in [0.15, 0.2) is 48.8 Å². The Morgan fingerprint density at radius 1 is 1.19 bits per heavy atom. The first-order chi connectivity index (χ1) is 12.7. The van der Waals surface area contributed by atoms with Gasteiger partial charge >= 0.3 is 0 Å². The summed E-state index contributed by atoms with van der Waals surface area (Å²) >= 11 is 0. The van der Waals surface area contributed by atoms with Gasteiger partial charge in [0, 0.05) is 24.7 Å². The number of anilines is 1. The van der Waals surface area contributed by atoms with E-state index in [4.69, 9.17) is 9.47 Å². The van der Waals surface area contributed by atoms with Crippen molar-refractivity contribution in [1.82, 2.24) is 9.38 Å². The molecule has 1 N–H and O–H groups in total. The van der Waals surface area contributed by atoms with Gasteiger partial charge in [0.2, 0.25) is 0 Å². The van der Waals surface area contributed by atoms with Crippen LogP contribution in [-0.2, 0) is 16.1 Å². The first-order valence-corrected chi connectivity index (χ1v) is 8.67. The summed E-state index contributed by atoms with van der Waals surface area (Å²) in [4.78, 5) is 16.9. The maximum absolute atomic E-state index is 12.5. The third kappa shape index (κ3) is 4.68. The first kappa shape index (κ1) is 18.1. The van der Waals surface area contributed by atoms with E-state index in [1.807, 2.05) is 60.8 Å². The highest BCUT2D eigenvalue weighted by Gasteiger charge is 2.11. The van der Waals surface area contributed by atoms with Gasteiger partial charge in [0.1, 0.15) is 11.3 Å². The molecule has 2 heterocycles. The quantitative estimate of drug-likeness (QED) is 0.630. The molecule has 26 heavy (non-hydrogen) atoms. The van der Waals surface area contributed by atoms with Crippen LogP contribution in [0.2, 0.25) is 0 Å². The highest BCUT2D eigenvalue weighted by atomic mass is 16.5. The Morgan fingerprint density at radius 2 is 2.04 bits per heavy atom. The summed E-state index contributed by atoms with van der Waals surface area (Å²) in [5.74, 6) is -0.235. The van der Waals surface area contributed by atoms with Gasteiger partial charge in [-0.3, -0.25) is 4.79 Å². The minimum atomic E-state index is -0.235. The lowest BCUT2D eigenvalue weighted by molar-refractivity contribution is 0.0453. The van der Waals surface area contributed by atoms with Crippen molar-refractivity contribution in [2.75, 3.05) is 25.1 Å². The molecule has 6 nitrogen and oxygen atoms in total. The summed E-state index contributed by atoms with van der Waals surface area (Å²) in [5, 5.41) is 2.89. The number of amides is 1. The molecule has 0 bridgehead atoms. The number of aryl methyl sites for hydroxylation is 1. The standard InChI is InChI=1S/C20H23N3O3/c1-3-25-9-10-26-14-16-5-4-6-17(12-16)21-20(24)18-13-23-8-7-15(2)11-19(23)22-18/h4-8,11-13H,3,9-10,14H2,1-2H3,(H,21,24). The van der Waals surface area contributed by atoms with Crippen LogP contribution < -0.4 is 5.32 Å². The Morgan fingerprint density at radius 3 is 2.88 bits per heavy atom. The van der Waals surface area contributed by atoms with Gasteiger partial charge in [-0.1, -0.05) is 12.1 Å². The van der Waals surface area contributed by atoms with Crippen LogP contribution in [0, 0.1) is 6.92 Å². The van der Waals surface area contributed by atoms with Crippen molar-refractivity contribution in [2.45, 2.75) is 20.5 Å². The van der Waals surface area contributed by atoms with Crippen molar-refractivity contribution in [3.8, 4) is 0 Å². The Balaban J connectivity index is 1.62. The number of pyridine rings is 1. The van der Waals surface area contributed by atoms with E-state index in [1.165, 1.54) is 0 Å². The highest BCUT2D eigenvalue weighted by molar-refractivity contribution is 6.03. The van der Waals surface area contributed by atoms with Gasteiger partial charge in [-0.25, -0.2) is 4.98 Å². The maximum Gasteiger partial charge on any atom is 0.275 e. The molecule has 3 aromatic rings. The van der Waals surface area contributed by atoms with E-state index in [1.54, 1.807) is 6.20 Å². The molecule has 0 saturated heterocycles. The number of rotatable bonds is 8. The summed E-state index contributed by atoms with van der Waals surface area (Å²) in [7, 11) is 0. The zero-order chi connectivity index (χ0) is 18.4. The Kier molecular flexibility index (Phi) is 5.99. The van der Waals surface area contributed by atoms with Crippen LogP contribution in [0.1, 0.15) is 28.5 Å². The number of imidazole rings is 1. The lowest BCUT2D eigenvalue weighted by Gasteiger charge is -2.07. The molecular formula is C20H23N3O3. The normalized spacial score (nSPS) is 11.0. The lowest BCUT2D eigenvalue weighted by atomic mass is 10.2. The number of nitrogens with one attached hydrogen (secondary N) is 1. The fraction of sp³-hybridized carbons (Fsp3) is 0.300. The third-order valence-corrected chi connectivity index (χ3v) is 3.88. The summed E-state index contributed by atoms with van der Waals surface area (Å²) < 4.78 is 12.6. The van der Waals surface area contributed by atoms with E-state index < -0.39 is 0 Å². The van der Waals surface area contributed by atoms with Gasteiger partial charge in [-0.15, -0.1) is 0 Å². The fourth-order valence-electron chi connectivity index (χ4n) is 2.58. The number of aromatic nitrogens is 2. The molecule has 1 amide bonds. The Hall–Kier alpha value is -2.70. The summed E-state index contributed by atoms with van der Waals surface area (Å²) in [6, 6.07) is 11.5. The average molecular weight is 353 g/mol. The molecule has 0 unspecified atom stereocenters. The van der Waals surface area contributed by atoms with E-state index in [2.05, 4.69) is 10.3 Å². The second-order valence-corrected chi connectivity index (χ2v) is 6.00. The van der Waals surface area contributed by atoms with Crippen molar-refractivity contribution in [1.29, 1.82) is 0 Å². The molecule has 0 spiro atoms. The van der Waals surface area contributed by atoms with Crippen LogP contribution in [-0.4, -0.2) is 35.1 Å². The minimum absolute atomic E-state index is 0.235. The Bertz CT molecular complexity index is 889. The van der Waals surface area contributed by atoms with E-state index in [-0.39, 0.29) is 5.91 Å². The molecule has 0 atom stereocenters. The highest BCUT2D eigenvalue weighted by Crippen LogP contribution is 2.14. The second kappa shape index (κ2) is 8.60. The molecule has 0 aliphatic carbocycles. The van der Waals surface area contributed by atoms with Crippen molar-refractivity contribution in [2.24, 2.45) is 0 Å². The molecule has 3 rings (SSSR count). The maximum atomic E-state index is 12.5. The predicted molar refractivity (Wildman–Crippen MR) is 100 cm³/mol. The van der Waals surface area contributed by atoms with Crippen molar-refractivity contribution in [3.63, 3.8) is 0 Å². The van der Waals surface area contributed by atoms with Gasteiger partial charge in [-0.05, 0) is 49.2 Å². The number of carbonyl (C=O) groups is 1. The molecule has 1 aromatic carbocycles. The molecule has 0 saturated carbocycles. The number of benzene rings is 1.